The van der Waals surface area contributed by atoms with Crippen LogP contribution >= 0.6 is 0 Å². The molecule has 0 bridgehead atoms. The van der Waals surface area contributed by atoms with Gasteiger partial charge in [-0.3, -0.25) is 4.79 Å². The third kappa shape index (κ3) is 1.23. The molecular formula is C7H10N4O. The molecule has 0 radical (unpaired) electrons. The summed E-state index contributed by atoms with van der Waals surface area (Å²) in [5.74, 6) is 0.538. The molecule has 1 amide bonds. The van der Waals surface area contributed by atoms with Gasteiger partial charge in [0, 0.05) is 23.9 Å². The predicted octanol–water partition coefficient (Wildman–Crippen LogP) is 0.918. The van der Waals surface area contributed by atoms with Crippen molar-refractivity contribution in [2.45, 2.75) is 18.9 Å². The Hall–Kier alpha value is -1.22. The summed E-state index contributed by atoms with van der Waals surface area (Å²) in [6, 6.07) is 0.0256. The van der Waals surface area contributed by atoms with Gasteiger partial charge in [-0.05, 0) is 18.4 Å². The number of rotatable bonds is 2. The molecule has 0 aromatic heterocycles. The number of carbonyl (C=O) groups is 1. The molecule has 2 rings (SSSR count). The molecule has 0 atom stereocenters. The van der Waals surface area contributed by atoms with Crippen LogP contribution in [0.5, 0.6) is 0 Å². The van der Waals surface area contributed by atoms with Crippen LogP contribution in [0.15, 0.2) is 5.11 Å². The van der Waals surface area contributed by atoms with Gasteiger partial charge in [0.1, 0.15) is 0 Å². The van der Waals surface area contributed by atoms with Crippen molar-refractivity contribution >= 4 is 5.91 Å². The summed E-state index contributed by atoms with van der Waals surface area (Å²) in [7, 11) is 0. The first-order valence-electron chi connectivity index (χ1n) is 4.14. The van der Waals surface area contributed by atoms with Gasteiger partial charge in [-0.2, -0.15) is 0 Å². The van der Waals surface area contributed by atoms with Gasteiger partial charge in [0.25, 0.3) is 0 Å². The fourth-order valence-corrected chi connectivity index (χ4v) is 1.37. The monoisotopic (exact) mass is 166 g/mol. The van der Waals surface area contributed by atoms with Crippen LogP contribution in [0, 0.1) is 5.92 Å². The Bertz CT molecular complexity index is 248. The van der Waals surface area contributed by atoms with E-state index in [0.29, 0.717) is 13.1 Å². The van der Waals surface area contributed by atoms with Crippen LogP contribution in [0.1, 0.15) is 12.8 Å². The van der Waals surface area contributed by atoms with E-state index in [1.165, 1.54) is 0 Å². The molecule has 0 N–H and O–H groups in total. The number of azide groups is 1. The molecule has 1 aliphatic carbocycles. The number of amides is 1. The fraction of sp³-hybridized carbons (Fsp3) is 0.857. The minimum Gasteiger partial charge on any atom is -0.341 e. The fourth-order valence-electron chi connectivity index (χ4n) is 1.37. The van der Waals surface area contributed by atoms with Crippen molar-refractivity contribution in [3.05, 3.63) is 10.4 Å². The largest absolute Gasteiger partial charge is 0.341 e. The first-order valence-corrected chi connectivity index (χ1v) is 4.14. The predicted molar refractivity (Wildman–Crippen MR) is 42.2 cm³/mol. The normalized spacial score (nSPS) is 22.8. The van der Waals surface area contributed by atoms with E-state index in [9.17, 15) is 4.79 Å². The Morgan fingerprint density at radius 3 is 2.67 bits per heavy atom. The van der Waals surface area contributed by atoms with Crippen molar-refractivity contribution in [3.63, 3.8) is 0 Å². The zero-order valence-corrected chi connectivity index (χ0v) is 6.68. The lowest BCUT2D eigenvalue weighted by Crippen LogP contribution is -2.53. The zero-order valence-electron chi connectivity index (χ0n) is 6.68. The molecular weight excluding hydrogens is 156 g/mol. The van der Waals surface area contributed by atoms with E-state index < -0.39 is 0 Å². The minimum atomic E-state index is 0.0256. The van der Waals surface area contributed by atoms with Crippen LogP contribution < -0.4 is 0 Å². The number of nitrogens with zero attached hydrogens (tertiary/aromatic N) is 4. The summed E-state index contributed by atoms with van der Waals surface area (Å²) < 4.78 is 0. The summed E-state index contributed by atoms with van der Waals surface area (Å²) in [6.45, 7) is 1.25. The number of hydrogen-bond donors (Lipinski definition) is 0. The third-order valence-corrected chi connectivity index (χ3v) is 2.32. The van der Waals surface area contributed by atoms with Crippen molar-refractivity contribution in [3.8, 4) is 0 Å². The quantitative estimate of drug-likeness (QED) is 0.341. The highest BCUT2D eigenvalue weighted by molar-refractivity contribution is 5.81. The van der Waals surface area contributed by atoms with Gasteiger partial charge in [0.05, 0.1) is 6.04 Å². The molecule has 0 aromatic carbocycles. The number of likely N-dealkylation sites (tertiary alicyclic amines) is 1. The lowest BCUT2D eigenvalue weighted by Gasteiger charge is -2.36. The molecule has 1 saturated heterocycles. The average Bonchev–Trinajstić information content (AvgIpc) is 2.76. The van der Waals surface area contributed by atoms with E-state index in [1.54, 1.807) is 4.90 Å². The van der Waals surface area contributed by atoms with Gasteiger partial charge in [-0.15, -0.1) is 0 Å². The molecule has 2 fully saturated rings. The second-order valence-electron chi connectivity index (χ2n) is 3.38. The average molecular weight is 166 g/mol. The van der Waals surface area contributed by atoms with Gasteiger partial charge in [-0.1, -0.05) is 5.11 Å². The molecule has 5 heteroatoms. The highest BCUT2D eigenvalue weighted by Gasteiger charge is 2.38. The number of carbonyl (C=O) groups excluding carboxylic acids is 1. The van der Waals surface area contributed by atoms with Crippen molar-refractivity contribution in [2.24, 2.45) is 11.0 Å². The maximum atomic E-state index is 11.3. The highest BCUT2D eigenvalue weighted by Crippen LogP contribution is 2.32. The molecule has 0 spiro atoms. The lowest BCUT2D eigenvalue weighted by atomic mass is 10.1. The van der Waals surface area contributed by atoms with Gasteiger partial charge < -0.3 is 4.90 Å². The van der Waals surface area contributed by atoms with E-state index in [1.807, 2.05) is 0 Å². The number of hydrogen-bond acceptors (Lipinski definition) is 2. The second-order valence-corrected chi connectivity index (χ2v) is 3.38. The second kappa shape index (κ2) is 2.68. The first-order chi connectivity index (χ1) is 5.81. The van der Waals surface area contributed by atoms with Crippen LogP contribution in [0.3, 0.4) is 0 Å². The molecule has 1 heterocycles. The van der Waals surface area contributed by atoms with Crippen molar-refractivity contribution in [1.29, 1.82) is 0 Å². The topological polar surface area (TPSA) is 69.1 Å². The summed E-state index contributed by atoms with van der Waals surface area (Å²) in [5.41, 5.74) is 8.10. The van der Waals surface area contributed by atoms with Crippen molar-refractivity contribution in [1.82, 2.24) is 4.90 Å². The Kier molecular flexibility index (Phi) is 1.66. The molecule has 12 heavy (non-hydrogen) atoms. The smallest absolute Gasteiger partial charge is 0.225 e. The van der Waals surface area contributed by atoms with Crippen LogP contribution in [-0.2, 0) is 4.79 Å². The van der Waals surface area contributed by atoms with Gasteiger partial charge in [0.2, 0.25) is 5.91 Å². The summed E-state index contributed by atoms with van der Waals surface area (Å²) in [6.07, 6.45) is 2.09. The standard InChI is InChI=1S/C7H10N4O/c8-10-9-6-3-11(4-6)7(12)5-1-2-5/h5-6H,1-4H2. The Morgan fingerprint density at radius 1 is 1.50 bits per heavy atom. The van der Waals surface area contributed by atoms with Crippen LogP contribution in [-0.4, -0.2) is 29.9 Å². The highest BCUT2D eigenvalue weighted by atomic mass is 16.2. The maximum absolute atomic E-state index is 11.3. The Balaban J connectivity index is 1.80. The maximum Gasteiger partial charge on any atom is 0.225 e. The lowest BCUT2D eigenvalue weighted by molar-refractivity contribution is -0.136. The van der Waals surface area contributed by atoms with E-state index >= 15 is 0 Å². The van der Waals surface area contributed by atoms with Gasteiger partial charge >= 0.3 is 0 Å². The summed E-state index contributed by atoms with van der Waals surface area (Å²) in [5, 5.41) is 3.53. The van der Waals surface area contributed by atoms with Crippen molar-refractivity contribution in [2.75, 3.05) is 13.1 Å². The molecule has 2 aliphatic rings. The SMILES string of the molecule is [N-]=[N+]=NC1CN(C(=O)C2CC2)C1. The van der Waals surface area contributed by atoms with Crippen LogP contribution in [0.4, 0.5) is 0 Å². The third-order valence-electron chi connectivity index (χ3n) is 2.32. The van der Waals surface area contributed by atoms with Gasteiger partial charge in [-0.25, -0.2) is 0 Å². The van der Waals surface area contributed by atoms with Crippen molar-refractivity contribution < 1.29 is 4.79 Å². The first kappa shape index (κ1) is 7.43. The summed E-state index contributed by atoms with van der Waals surface area (Å²) in [4.78, 5) is 15.8. The van der Waals surface area contributed by atoms with Crippen LogP contribution in [0.25, 0.3) is 10.4 Å². The Morgan fingerprint density at radius 2 is 2.17 bits per heavy atom. The Labute approximate surface area is 70.0 Å². The minimum absolute atomic E-state index is 0.0256. The van der Waals surface area contributed by atoms with Crippen LogP contribution in [0.2, 0.25) is 0 Å². The molecule has 64 valence electrons. The summed E-state index contributed by atoms with van der Waals surface area (Å²) >= 11 is 0. The van der Waals surface area contributed by atoms with Gasteiger partial charge in [0.15, 0.2) is 0 Å². The van der Waals surface area contributed by atoms with E-state index in [2.05, 4.69) is 10.0 Å². The molecule has 5 nitrogen and oxygen atoms in total. The molecule has 1 saturated carbocycles. The van der Waals surface area contributed by atoms with E-state index in [0.717, 1.165) is 12.8 Å². The molecule has 0 unspecified atom stereocenters. The molecule has 0 aromatic rings. The van der Waals surface area contributed by atoms with E-state index in [-0.39, 0.29) is 17.9 Å². The van der Waals surface area contributed by atoms with E-state index in [4.69, 9.17) is 5.53 Å². The molecule has 1 aliphatic heterocycles. The zero-order chi connectivity index (χ0) is 8.55.